The Kier molecular flexibility index (Phi) is 6.14. The molecule has 0 saturated heterocycles. The Hall–Kier alpha value is -1.80. The van der Waals surface area contributed by atoms with Crippen LogP contribution in [0.4, 0.5) is 0 Å². The summed E-state index contributed by atoms with van der Waals surface area (Å²) in [5.74, 6) is 0.00598. The van der Waals surface area contributed by atoms with Crippen LogP contribution in [0.5, 0.6) is 0 Å². The third-order valence-corrected chi connectivity index (χ3v) is 6.02. The summed E-state index contributed by atoms with van der Waals surface area (Å²) in [6.45, 7) is 2.11. The number of amides is 1. The number of nitrogens with zero attached hydrogens (tertiary/aromatic N) is 2. The molecule has 2 aromatic heterocycles. The van der Waals surface area contributed by atoms with Crippen molar-refractivity contribution in [3.8, 4) is 9.88 Å². The summed E-state index contributed by atoms with van der Waals surface area (Å²) in [6, 6.07) is 11.9. The van der Waals surface area contributed by atoms with Crippen LogP contribution < -0.4 is 0 Å². The molecule has 0 fully saturated rings. The van der Waals surface area contributed by atoms with Crippen molar-refractivity contribution in [2.45, 2.75) is 0 Å². The zero-order chi connectivity index (χ0) is 17.6. The number of carbonyl (C=O) groups excluding carboxylic acids is 1. The van der Waals surface area contributed by atoms with Crippen molar-refractivity contribution >= 4 is 38.8 Å². The number of methoxy groups -OCH3 is 2. The van der Waals surface area contributed by atoms with E-state index < -0.39 is 0 Å². The fraction of sp³-hybridized carbons (Fsp3) is 0.333. The third-order valence-electron chi connectivity index (χ3n) is 3.74. The molecule has 0 aliphatic carbocycles. The number of hydrogen-bond donors (Lipinski definition) is 0. The summed E-state index contributed by atoms with van der Waals surface area (Å²) in [5.41, 5.74) is 0.991. The monoisotopic (exact) mass is 376 g/mol. The van der Waals surface area contributed by atoms with Gasteiger partial charge in [-0.3, -0.25) is 4.79 Å². The third kappa shape index (κ3) is 4.24. The first-order chi connectivity index (χ1) is 12.2. The largest absolute Gasteiger partial charge is 0.383 e. The van der Waals surface area contributed by atoms with Crippen LogP contribution in [0.2, 0.25) is 0 Å². The van der Waals surface area contributed by atoms with Gasteiger partial charge in [0.1, 0.15) is 5.01 Å². The summed E-state index contributed by atoms with van der Waals surface area (Å²) in [7, 11) is 3.27. The Bertz CT molecular complexity index is 803. The fourth-order valence-corrected chi connectivity index (χ4v) is 4.41. The quantitative estimate of drug-likeness (QED) is 0.601. The Labute approximate surface area is 154 Å². The molecule has 25 heavy (non-hydrogen) atoms. The smallest absolute Gasteiger partial charge is 0.264 e. The lowest BCUT2D eigenvalue weighted by Crippen LogP contribution is -2.36. The molecule has 3 rings (SSSR count). The van der Waals surface area contributed by atoms with Crippen LogP contribution in [0.3, 0.4) is 0 Å². The van der Waals surface area contributed by atoms with E-state index in [4.69, 9.17) is 9.47 Å². The molecule has 2 heterocycles. The molecule has 5 nitrogen and oxygen atoms in total. The number of hydrogen-bond acceptors (Lipinski definition) is 6. The number of thiazole rings is 1. The van der Waals surface area contributed by atoms with E-state index in [1.54, 1.807) is 30.5 Å². The van der Waals surface area contributed by atoms with E-state index in [-0.39, 0.29) is 5.91 Å². The van der Waals surface area contributed by atoms with Gasteiger partial charge in [0.05, 0.1) is 33.2 Å². The van der Waals surface area contributed by atoms with Crippen molar-refractivity contribution in [1.82, 2.24) is 9.88 Å². The van der Waals surface area contributed by atoms with Crippen LogP contribution in [0, 0.1) is 0 Å². The van der Waals surface area contributed by atoms with Crippen LogP contribution >= 0.6 is 22.7 Å². The standard InChI is InChI=1S/C18H20N2O3S2/c1-22-11-9-20(10-12-23-2)18(21)16-8-7-15(24-16)17-19-13-5-3-4-6-14(13)25-17/h3-8H,9-12H2,1-2H3. The Morgan fingerprint density at radius 3 is 2.44 bits per heavy atom. The van der Waals surface area contributed by atoms with Crippen molar-refractivity contribution in [2.24, 2.45) is 0 Å². The number of ether oxygens (including phenoxy) is 2. The molecule has 0 aliphatic heterocycles. The number of thiophene rings is 1. The highest BCUT2D eigenvalue weighted by Crippen LogP contribution is 2.34. The van der Waals surface area contributed by atoms with Crippen LogP contribution in [-0.4, -0.2) is 56.3 Å². The van der Waals surface area contributed by atoms with Gasteiger partial charge in [0.2, 0.25) is 0 Å². The van der Waals surface area contributed by atoms with Gasteiger partial charge < -0.3 is 14.4 Å². The first-order valence-corrected chi connectivity index (χ1v) is 9.59. The second-order valence-electron chi connectivity index (χ2n) is 5.43. The predicted octanol–water partition coefficient (Wildman–Crippen LogP) is 3.76. The lowest BCUT2D eigenvalue weighted by Gasteiger charge is -2.21. The molecule has 0 bridgehead atoms. The topological polar surface area (TPSA) is 51.7 Å². The lowest BCUT2D eigenvalue weighted by molar-refractivity contribution is 0.0632. The number of aromatic nitrogens is 1. The van der Waals surface area contributed by atoms with E-state index in [1.807, 2.05) is 30.3 Å². The van der Waals surface area contributed by atoms with Crippen LogP contribution in [0.15, 0.2) is 36.4 Å². The molecule has 1 aromatic carbocycles. The molecular weight excluding hydrogens is 356 g/mol. The number of fused-ring (bicyclic) bond motifs is 1. The second kappa shape index (κ2) is 8.53. The maximum absolute atomic E-state index is 12.8. The van der Waals surface area contributed by atoms with Crippen molar-refractivity contribution in [1.29, 1.82) is 0 Å². The maximum Gasteiger partial charge on any atom is 0.264 e. The fourth-order valence-electron chi connectivity index (χ4n) is 2.42. The SMILES string of the molecule is COCCN(CCOC)C(=O)c1ccc(-c2nc3ccccc3s2)s1. The van der Waals surface area contributed by atoms with E-state index >= 15 is 0 Å². The van der Waals surface area contributed by atoms with Gasteiger partial charge >= 0.3 is 0 Å². The lowest BCUT2D eigenvalue weighted by atomic mass is 10.3. The summed E-state index contributed by atoms with van der Waals surface area (Å²) in [4.78, 5) is 20.9. The first-order valence-electron chi connectivity index (χ1n) is 7.96. The molecule has 0 spiro atoms. The van der Waals surface area contributed by atoms with Gasteiger partial charge in [-0.1, -0.05) is 12.1 Å². The minimum absolute atomic E-state index is 0.00598. The Morgan fingerprint density at radius 1 is 1.04 bits per heavy atom. The number of para-hydroxylation sites is 1. The van der Waals surface area contributed by atoms with Crippen LogP contribution in [-0.2, 0) is 9.47 Å². The minimum Gasteiger partial charge on any atom is -0.383 e. The van der Waals surface area contributed by atoms with Crippen LogP contribution in [0.1, 0.15) is 9.67 Å². The molecule has 0 atom stereocenters. The summed E-state index contributed by atoms with van der Waals surface area (Å²) in [5, 5.41) is 0.950. The average Bonchev–Trinajstić information content (AvgIpc) is 3.28. The predicted molar refractivity (Wildman–Crippen MR) is 103 cm³/mol. The highest BCUT2D eigenvalue weighted by Gasteiger charge is 2.18. The number of benzene rings is 1. The molecule has 7 heteroatoms. The van der Waals surface area contributed by atoms with Gasteiger partial charge in [-0.2, -0.15) is 0 Å². The molecule has 0 N–H and O–H groups in total. The Morgan fingerprint density at radius 2 is 1.76 bits per heavy atom. The summed E-state index contributed by atoms with van der Waals surface area (Å²) >= 11 is 3.13. The van der Waals surface area contributed by atoms with Crippen molar-refractivity contribution in [2.75, 3.05) is 40.5 Å². The molecule has 132 valence electrons. The summed E-state index contributed by atoms with van der Waals surface area (Å²) in [6.07, 6.45) is 0. The van der Waals surface area contributed by atoms with Gasteiger partial charge in [0.25, 0.3) is 5.91 Å². The highest BCUT2D eigenvalue weighted by atomic mass is 32.1. The van der Waals surface area contributed by atoms with Crippen molar-refractivity contribution in [3.05, 3.63) is 41.3 Å². The number of rotatable bonds is 8. The molecule has 0 radical (unpaired) electrons. The van der Waals surface area contributed by atoms with E-state index in [1.165, 1.54) is 11.3 Å². The molecule has 0 unspecified atom stereocenters. The zero-order valence-electron chi connectivity index (χ0n) is 14.2. The van der Waals surface area contributed by atoms with Crippen molar-refractivity contribution < 1.29 is 14.3 Å². The van der Waals surface area contributed by atoms with Gasteiger partial charge in [-0.25, -0.2) is 4.98 Å². The molecule has 1 amide bonds. The van der Waals surface area contributed by atoms with Gasteiger partial charge in [0.15, 0.2) is 0 Å². The molecular formula is C18H20N2O3S2. The van der Waals surface area contributed by atoms with Gasteiger partial charge in [-0.15, -0.1) is 22.7 Å². The normalized spacial score (nSPS) is 11.1. The molecule has 3 aromatic rings. The van der Waals surface area contributed by atoms with Crippen LogP contribution in [0.25, 0.3) is 20.1 Å². The Balaban J connectivity index is 1.79. The van der Waals surface area contributed by atoms with E-state index in [9.17, 15) is 4.79 Å². The van der Waals surface area contributed by atoms with Gasteiger partial charge in [-0.05, 0) is 24.3 Å². The summed E-state index contributed by atoms with van der Waals surface area (Å²) < 4.78 is 11.4. The second-order valence-corrected chi connectivity index (χ2v) is 7.54. The number of carbonyl (C=O) groups is 1. The first kappa shape index (κ1) is 18.0. The van der Waals surface area contributed by atoms with E-state index in [0.717, 1.165) is 20.1 Å². The van der Waals surface area contributed by atoms with E-state index in [2.05, 4.69) is 11.1 Å². The van der Waals surface area contributed by atoms with Crippen molar-refractivity contribution in [3.63, 3.8) is 0 Å². The minimum atomic E-state index is 0.00598. The average molecular weight is 377 g/mol. The van der Waals surface area contributed by atoms with Gasteiger partial charge in [0, 0.05) is 27.3 Å². The van der Waals surface area contributed by atoms with E-state index in [0.29, 0.717) is 31.2 Å². The molecule has 0 aliphatic rings. The maximum atomic E-state index is 12.8. The molecule has 0 saturated carbocycles. The zero-order valence-corrected chi connectivity index (χ0v) is 15.9. The highest BCUT2D eigenvalue weighted by molar-refractivity contribution is 7.26.